The highest BCUT2D eigenvalue weighted by molar-refractivity contribution is 6.83. The van der Waals surface area contributed by atoms with Crippen LogP contribution in [0.3, 0.4) is 0 Å². The third-order valence-electron chi connectivity index (χ3n) is 0.839. The van der Waals surface area contributed by atoms with Gasteiger partial charge in [0.1, 0.15) is 0 Å². The molecule has 0 saturated heterocycles. The Morgan fingerprint density at radius 3 is 2.11 bits per heavy atom. The first kappa shape index (κ1) is 8.43. The lowest BCUT2D eigenvalue weighted by molar-refractivity contribution is 0.627. The van der Waals surface area contributed by atoms with E-state index in [1.54, 1.807) is 26.0 Å². The van der Waals surface area contributed by atoms with Gasteiger partial charge in [-0.25, -0.2) is 0 Å². The highest BCUT2D eigenvalue weighted by atomic mass is 35.5. The molecule has 0 radical (unpaired) electrons. The topological polar surface area (TPSA) is 39.5 Å². The number of nitrogens with one attached hydrogen (secondary N) is 1. The fraction of sp³-hybridized carbons (Fsp3) is 0.600. The quantitative estimate of drug-likeness (QED) is 0.433. The summed E-state index contributed by atoms with van der Waals surface area (Å²) in [5.41, 5.74) is 0. The maximum atomic E-state index is 7.21. The molecule has 0 aromatic carbocycles. The van der Waals surface area contributed by atoms with E-state index >= 15 is 0 Å². The van der Waals surface area contributed by atoms with Gasteiger partial charge in [-0.1, -0.05) is 11.6 Å². The van der Waals surface area contributed by atoms with Crippen LogP contribution in [0, 0.1) is 5.41 Å². The van der Waals surface area contributed by atoms with E-state index in [2.05, 4.69) is 4.99 Å². The molecular weight excluding hydrogens is 138 g/mol. The van der Waals surface area contributed by atoms with Crippen molar-refractivity contribution in [3.63, 3.8) is 0 Å². The molecule has 3 nitrogen and oxygen atoms in total. The summed E-state index contributed by atoms with van der Waals surface area (Å²) < 4.78 is 0. The van der Waals surface area contributed by atoms with E-state index < -0.39 is 0 Å². The molecule has 0 aliphatic heterocycles. The van der Waals surface area contributed by atoms with Crippen LogP contribution in [-0.2, 0) is 0 Å². The van der Waals surface area contributed by atoms with E-state index in [1.807, 2.05) is 0 Å². The van der Waals surface area contributed by atoms with Crippen LogP contribution in [0.4, 0.5) is 0 Å². The van der Waals surface area contributed by atoms with E-state index in [-0.39, 0.29) is 11.0 Å². The van der Waals surface area contributed by atoms with Gasteiger partial charge in [0.2, 0.25) is 0 Å². The second kappa shape index (κ2) is 3.45. The molecule has 0 bridgehead atoms. The number of hydrogen-bond acceptors (Lipinski definition) is 2. The highest BCUT2D eigenvalue weighted by Crippen LogP contribution is 1.89. The molecule has 0 spiro atoms. The zero-order valence-corrected chi connectivity index (χ0v) is 6.53. The van der Waals surface area contributed by atoms with Gasteiger partial charge < -0.3 is 4.90 Å². The number of nitrogens with zero attached hydrogens (tertiary/aromatic N) is 2. The Hall–Kier alpha value is -0.570. The molecule has 0 rings (SSSR count). The molecule has 0 saturated carbocycles. The Morgan fingerprint density at radius 1 is 1.56 bits per heavy atom. The fourth-order valence-electron chi connectivity index (χ4n) is 0.290. The fourth-order valence-corrected chi connectivity index (χ4v) is 0.459. The van der Waals surface area contributed by atoms with Crippen molar-refractivity contribution < 1.29 is 0 Å². The van der Waals surface area contributed by atoms with Crippen LogP contribution in [0.2, 0.25) is 0 Å². The zero-order valence-electron chi connectivity index (χ0n) is 5.77. The SMILES string of the molecule is CN=C(Cl)C(=N)N(C)C. The van der Waals surface area contributed by atoms with Crippen molar-refractivity contribution in [2.24, 2.45) is 4.99 Å². The number of rotatable bonds is 1. The minimum atomic E-state index is 0.235. The van der Waals surface area contributed by atoms with E-state index in [0.717, 1.165) is 0 Å². The minimum Gasteiger partial charge on any atom is -0.361 e. The van der Waals surface area contributed by atoms with E-state index in [1.165, 1.54) is 0 Å². The van der Waals surface area contributed by atoms with Crippen molar-refractivity contribution in [1.82, 2.24) is 4.90 Å². The molecule has 0 aromatic rings. The minimum absolute atomic E-state index is 0.235. The van der Waals surface area contributed by atoms with E-state index in [0.29, 0.717) is 0 Å². The molecule has 0 unspecified atom stereocenters. The third-order valence-corrected chi connectivity index (χ3v) is 1.19. The molecule has 0 atom stereocenters. The van der Waals surface area contributed by atoms with Crippen molar-refractivity contribution in [2.45, 2.75) is 0 Å². The molecule has 9 heavy (non-hydrogen) atoms. The third kappa shape index (κ3) is 2.46. The van der Waals surface area contributed by atoms with Gasteiger partial charge in [-0.2, -0.15) is 0 Å². The van der Waals surface area contributed by atoms with Gasteiger partial charge in [-0.3, -0.25) is 10.4 Å². The standard InChI is InChI=1S/C5H10ClN3/c1-8-4(6)5(7)9(2)3/h7H,1-3H3. The molecule has 0 fully saturated rings. The number of hydrogen-bond donors (Lipinski definition) is 1. The molecule has 0 aromatic heterocycles. The van der Waals surface area contributed by atoms with Crippen LogP contribution < -0.4 is 0 Å². The second-order valence-corrected chi connectivity index (χ2v) is 2.12. The molecule has 0 aliphatic rings. The van der Waals surface area contributed by atoms with Crippen LogP contribution in [-0.4, -0.2) is 37.0 Å². The lowest BCUT2D eigenvalue weighted by atomic mass is 10.6. The van der Waals surface area contributed by atoms with Crippen LogP contribution in [0.15, 0.2) is 4.99 Å². The Labute approximate surface area is 59.8 Å². The van der Waals surface area contributed by atoms with Crippen LogP contribution >= 0.6 is 11.6 Å². The largest absolute Gasteiger partial charge is 0.361 e. The number of aliphatic imine (C=N–C) groups is 1. The first-order chi connectivity index (χ1) is 4.09. The molecule has 0 aliphatic carbocycles. The van der Waals surface area contributed by atoms with Gasteiger partial charge in [-0.05, 0) is 0 Å². The summed E-state index contributed by atoms with van der Waals surface area (Å²) in [5, 5.41) is 7.45. The van der Waals surface area contributed by atoms with E-state index in [4.69, 9.17) is 17.0 Å². The van der Waals surface area contributed by atoms with Gasteiger partial charge in [0.05, 0.1) is 0 Å². The normalized spacial score (nSPS) is 11.3. The predicted molar refractivity (Wildman–Crippen MR) is 40.6 cm³/mol. The first-order valence-electron chi connectivity index (χ1n) is 2.48. The predicted octanol–water partition coefficient (Wildman–Crippen LogP) is 0.792. The first-order valence-corrected chi connectivity index (χ1v) is 2.86. The molecule has 4 heteroatoms. The summed E-state index contributed by atoms with van der Waals surface area (Å²) >= 11 is 5.49. The molecule has 0 heterocycles. The summed E-state index contributed by atoms with van der Waals surface area (Å²) in [6.45, 7) is 0. The van der Waals surface area contributed by atoms with Gasteiger partial charge in [-0.15, -0.1) is 0 Å². The Bertz CT molecular complexity index is 139. The van der Waals surface area contributed by atoms with Gasteiger partial charge in [0.15, 0.2) is 11.0 Å². The van der Waals surface area contributed by atoms with Crippen LogP contribution in [0.5, 0.6) is 0 Å². The lowest BCUT2D eigenvalue weighted by Crippen LogP contribution is -2.25. The van der Waals surface area contributed by atoms with Gasteiger partial charge >= 0.3 is 0 Å². The number of amidine groups is 1. The Morgan fingerprint density at radius 2 is 2.00 bits per heavy atom. The van der Waals surface area contributed by atoms with Crippen molar-refractivity contribution in [2.75, 3.05) is 21.1 Å². The molecule has 0 amide bonds. The smallest absolute Gasteiger partial charge is 0.165 e. The average molecular weight is 148 g/mol. The monoisotopic (exact) mass is 147 g/mol. The summed E-state index contributed by atoms with van der Waals surface area (Å²) in [5.74, 6) is 0.235. The van der Waals surface area contributed by atoms with Crippen LogP contribution in [0.25, 0.3) is 0 Å². The van der Waals surface area contributed by atoms with Crippen molar-refractivity contribution in [3.05, 3.63) is 0 Å². The molecule has 52 valence electrons. The summed E-state index contributed by atoms with van der Waals surface area (Å²) in [7, 11) is 5.05. The summed E-state index contributed by atoms with van der Waals surface area (Å²) in [6.07, 6.45) is 0. The highest BCUT2D eigenvalue weighted by Gasteiger charge is 2.02. The lowest BCUT2D eigenvalue weighted by Gasteiger charge is -2.10. The molecule has 1 N–H and O–H groups in total. The second-order valence-electron chi connectivity index (χ2n) is 1.76. The maximum Gasteiger partial charge on any atom is 0.165 e. The maximum absolute atomic E-state index is 7.21. The van der Waals surface area contributed by atoms with Crippen molar-refractivity contribution in [1.29, 1.82) is 5.41 Å². The van der Waals surface area contributed by atoms with E-state index in [9.17, 15) is 0 Å². The molecular formula is C5H10ClN3. The van der Waals surface area contributed by atoms with Crippen molar-refractivity contribution >= 4 is 22.6 Å². The summed E-state index contributed by atoms with van der Waals surface area (Å²) in [4.78, 5) is 5.22. The zero-order chi connectivity index (χ0) is 7.44. The number of halogens is 1. The van der Waals surface area contributed by atoms with Crippen LogP contribution in [0.1, 0.15) is 0 Å². The van der Waals surface area contributed by atoms with Gasteiger partial charge in [0, 0.05) is 21.1 Å². The Balaban J connectivity index is 4.06. The van der Waals surface area contributed by atoms with Gasteiger partial charge in [0.25, 0.3) is 0 Å². The average Bonchev–Trinajstić information content (AvgIpc) is 1.84. The summed E-state index contributed by atoms with van der Waals surface area (Å²) in [6, 6.07) is 0. The Kier molecular flexibility index (Phi) is 3.24. The van der Waals surface area contributed by atoms with Crippen molar-refractivity contribution in [3.8, 4) is 0 Å².